The van der Waals surface area contributed by atoms with Crippen molar-refractivity contribution in [3.63, 3.8) is 0 Å². The molecule has 0 saturated heterocycles. The SMILES string of the molecule is COc1[c-]cc(N=Nc2ccc([N+](=O)[O-])cc2)cc1.COc1[c-]cc(N=Nc2ccc([N+](=O)[O-])cc2)cc1.[Cl][Pd+].[Cl][Pd+]. The molecule has 0 unspecified atom stereocenters. The van der Waals surface area contributed by atoms with Gasteiger partial charge in [0.05, 0.1) is 35.4 Å². The van der Waals surface area contributed by atoms with Gasteiger partial charge in [-0.3, -0.25) is 20.2 Å². The molecule has 42 heavy (non-hydrogen) atoms. The van der Waals surface area contributed by atoms with Crippen LogP contribution in [0.15, 0.2) is 105 Å². The van der Waals surface area contributed by atoms with E-state index in [2.05, 4.69) is 88.0 Å². The number of hydrogen-bond donors (Lipinski definition) is 0. The van der Waals surface area contributed by atoms with Gasteiger partial charge in [-0.05, 0) is 35.6 Å². The van der Waals surface area contributed by atoms with Gasteiger partial charge >= 0.3 is 55.4 Å². The van der Waals surface area contributed by atoms with Gasteiger partial charge in [0.1, 0.15) is 0 Å². The second kappa shape index (κ2) is 21.1. The average molecular weight is 796 g/mol. The van der Waals surface area contributed by atoms with Gasteiger partial charge in [-0.2, -0.15) is 10.2 Å². The van der Waals surface area contributed by atoms with Crippen molar-refractivity contribution < 1.29 is 55.7 Å². The van der Waals surface area contributed by atoms with Crippen LogP contribution in [0, 0.1) is 32.4 Å². The zero-order valence-corrected chi connectivity index (χ0v) is 26.2. The molecule has 0 atom stereocenters. The average Bonchev–Trinajstić information content (AvgIpc) is 3.06. The Morgan fingerprint density at radius 2 is 0.857 bits per heavy atom. The van der Waals surface area contributed by atoms with Crippen LogP contribution in [0.4, 0.5) is 34.1 Å². The number of azo groups is 2. The van der Waals surface area contributed by atoms with Gasteiger partial charge in [0, 0.05) is 35.8 Å². The predicted octanol–water partition coefficient (Wildman–Crippen LogP) is 9.01. The van der Waals surface area contributed by atoms with Crippen molar-refractivity contribution in [1.29, 1.82) is 0 Å². The molecular formula is C26H20Cl2N6O6Pd2. The van der Waals surface area contributed by atoms with Crippen molar-refractivity contribution >= 4 is 53.2 Å². The Hall–Kier alpha value is -3.62. The molecule has 0 saturated carbocycles. The molecule has 224 valence electrons. The first-order chi connectivity index (χ1) is 20.4. The predicted molar refractivity (Wildman–Crippen MR) is 150 cm³/mol. The second-order valence-corrected chi connectivity index (χ2v) is 7.18. The summed E-state index contributed by atoms with van der Waals surface area (Å²) in [7, 11) is 12.1. The van der Waals surface area contributed by atoms with Crippen molar-refractivity contribution in [3.05, 3.63) is 117 Å². The first-order valence-electron chi connectivity index (χ1n) is 11.1. The molecule has 16 heteroatoms. The van der Waals surface area contributed by atoms with E-state index in [1.165, 1.54) is 48.5 Å². The van der Waals surface area contributed by atoms with E-state index in [1.54, 1.807) is 50.6 Å². The third-order valence-electron chi connectivity index (χ3n) is 4.66. The molecule has 0 aromatic heterocycles. The molecule has 0 bridgehead atoms. The van der Waals surface area contributed by atoms with Gasteiger partial charge < -0.3 is 9.47 Å². The van der Waals surface area contributed by atoms with Crippen LogP contribution in [-0.4, -0.2) is 24.1 Å². The van der Waals surface area contributed by atoms with Crippen LogP contribution in [0.3, 0.4) is 0 Å². The molecule has 0 heterocycles. The third-order valence-corrected chi connectivity index (χ3v) is 4.66. The van der Waals surface area contributed by atoms with Gasteiger partial charge in [-0.25, -0.2) is 10.2 Å². The zero-order valence-electron chi connectivity index (χ0n) is 21.6. The molecule has 4 aromatic carbocycles. The quantitative estimate of drug-likeness (QED) is 0.0570. The van der Waals surface area contributed by atoms with Crippen LogP contribution in [0.5, 0.6) is 11.5 Å². The van der Waals surface area contributed by atoms with Crippen LogP contribution in [0.1, 0.15) is 0 Å². The molecule has 0 aliphatic heterocycles. The summed E-state index contributed by atoms with van der Waals surface area (Å²) in [5.41, 5.74) is 2.38. The molecule has 4 aromatic rings. The van der Waals surface area contributed by atoms with Gasteiger partial charge in [-0.15, -0.1) is 48.5 Å². The number of ether oxygens (including phenoxy) is 2. The third kappa shape index (κ3) is 13.4. The molecule has 0 fully saturated rings. The molecule has 4 rings (SSSR count). The van der Waals surface area contributed by atoms with Gasteiger partial charge in [0.25, 0.3) is 11.4 Å². The number of rotatable bonds is 8. The number of nitrogens with zero attached hydrogens (tertiary/aromatic N) is 6. The summed E-state index contributed by atoms with van der Waals surface area (Å²) < 4.78 is 9.95. The number of benzene rings is 4. The summed E-state index contributed by atoms with van der Waals surface area (Å²) in [5.74, 6) is 1.24. The summed E-state index contributed by atoms with van der Waals surface area (Å²) in [6, 6.07) is 27.7. The van der Waals surface area contributed by atoms with E-state index in [9.17, 15) is 20.2 Å². The standard InChI is InChI=1S/2C13H10N3O3.2ClH.2Pd/c2*1-19-13-8-4-11(5-9-13)15-14-10-2-6-12(7-3-10)16(17)18;;;;/h2*2-8H,1H3;2*1H;;/q2*-1;;;2*+2/p-2. The van der Waals surface area contributed by atoms with Crippen molar-refractivity contribution in [3.8, 4) is 11.5 Å². The molecule has 0 aliphatic carbocycles. The maximum atomic E-state index is 10.5. The molecule has 0 spiro atoms. The molecule has 0 N–H and O–H groups in total. The minimum atomic E-state index is -0.459. The van der Waals surface area contributed by atoms with Crippen LogP contribution < -0.4 is 9.47 Å². The van der Waals surface area contributed by atoms with E-state index in [0.29, 0.717) is 34.2 Å². The molecule has 0 aliphatic rings. The normalized spacial score (nSPS) is 9.90. The van der Waals surface area contributed by atoms with Gasteiger partial charge in [-0.1, -0.05) is 0 Å². The van der Waals surface area contributed by atoms with Gasteiger partial charge in [0.15, 0.2) is 0 Å². The van der Waals surface area contributed by atoms with Crippen LogP contribution >= 0.6 is 19.1 Å². The summed E-state index contributed by atoms with van der Waals surface area (Å²) in [5, 5.41) is 36.9. The number of nitro benzene ring substituents is 2. The number of halogens is 2. The summed E-state index contributed by atoms with van der Waals surface area (Å²) in [4.78, 5) is 20.1. The van der Waals surface area contributed by atoms with E-state index in [-0.39, 0.29) is 11.4 Å². The molecule has 12 nitrogen and oxygen atoms in total. The van der Waals surface area contributed by atoms with Crippen molar-refractivity contribution in [1.82, 2.24) is 0 Å². The Morgan fingerprint density at radius 3 is 1.10 bits per heavy atom. The summed E-state index contributed by atoms with van der Waals surface area (Å²) >= 11 is 4.44. The fraction of sp³-hybridized carbons (Fsp3) is 0.0769. The number of hydrogen-bond acceptors (Lipinski definition) is 10. The van der Waals surface area contributed by atoms with E-state index in [0.717, 1.165) is 0 Å². The van der Waals surface area contributed by atoms with E-state index in [4.69, 9.17) is 9.47 Å². The Morgan fingerprint density at radius 1 is 0.571 bits per heavy atom. The second-order valence-electron chi connectivity index (χ2n) is 7.18. The Labute approximate surface area is 270 Å². The minimum absolute atomic E-state index is 0.0248. The van der Waals surface area contributed by atoms with Crippen molar-refractivity contribution in [2.75, 3.05) is 14.2 Å². The van der Waals surface area contributed by atoms with E-state index in [1.807, 2.05) is 0 Å². The number of non-ortho nitro benzene ring substituents is 2. The molecule has 0 amide bonds. The van der Waals surface area contributed by atoms with Gasteiger partial charge in [0.2, 0.25) is 0 Å². The first-order valence-corrected chi connectivity index (χ1v) is 15.1. The van der Waals surface area contributed by atoms with Crippen LogP contribution in [0.2, 0.25) is 0 Å². The van der Waals surface area contributed by atoms with Crippen LogP contribution in [-0.2, 0) is 36.4 Å². The molecular weight excluding hydrogens is 776 g/mol. The monoisotopic (exact) mass is 794 g/mol. The maximum absolute atomic E-state index is 10.5. The first kappa shape index (κ1) is 36.4. The summed E-state index contributed by atoms with van der Waals surface area (Å²) in [6.45, 7) is 0. The Bertz CT molecular complexity index is 1320. The fourth-order valence-electron chi connectivity index (χ4n) is 2.70. The topological polar surface area (TPSA) is 154 Å². The van der Waals surface area contributed by atoms with Crippen molar-refractivity contribution in [2.24, 2.45) is 20.5 Å². The Balaban J connectivity index is 0.000000376. The van der Waals surface area contributed by atoms with Crippen LogP contribution in [0.25, 0.3) is 0 Å². The summed E-state index contributed by atoms with van der Waals surface area (Å²) in [6.07, 6.45) is 0. The number of nitro groups is 2. The number of methoxy groups -OCH3 is 2. The Kier molecular flexibility index (Phi) is 18.3. The zero-order chi connectivity index (χ0) is 31.3. The van der Waals surface area contributed by atoms with Crippen molar-refractivity contribution in [2.45, 2.75) is 0 Å². The molecule has 0 radical (unpaired) electrons. The fourth-order valence-corrected chi connectivity index (χ4v) is 2.70. The van der Waals surface area contributed by atoms with E-state index >= 15 is 0 Å². The van der Waals surface area contributed by atoms with E-state index < -0.39 is 9.85 Å².